The van der Waals surface area contributed by atoms with E-state index >= 15 is 0 Å². The lowest BCUT2D eigenvalue weighted by molar-refractivity contribution is 0.549. The quantitative estimate of drug-likeness (QED) is 0.746. The molecule has 82 valence electrons. The lowest BCUT2D eigenvalue weighted by atomic mass is 10.1. The molecule has 1 N–H and O–H groups in total. The van der Waals surface area contributed by atoms with Crippen LogP contribution in [0.4, 0.5) is 4.39 Å². The lowest BCUT2D eigenvalue weighted by Gasteiger charge is -2.13. The Morgan fingerprint density at radius 2 is 2.07 bits per heavy atom. The predicted octanol–water partition coefficient (Wildman–Crippen LogP) is 3.44. The van der Waals surface area contributed by atoms with Crippen molar-refractivity contribution in [2.45, 2.75) is 26.8 Å². The number of halogens is 1. The monoisotopic (exact) mass is 207 g/mol. The lowest BCUT2D eigenvalue weighted by Crippen LogP contribution is -2.19. The molecule has 0 unspecified atom stereocenters. The van der Waals surface area contributed by atoms with E-state index < -0.39 is 0 Å². The Labute approximate surface area is 91.0 Å². The Balaban J connectivity index is 2.58. The molecule has 0 aromatic heterocycles. The molecular formula is C13H18FN. The number of hydrogen-bond donors (Lipinski definition) is 1. The van der Waals surface area contributed by atoms with Crippen molar-refractivity contribution in [3.05, 3.63) is 47.3 Å². The normalized spacial score (nSPS) is 12.3. The van der Waals surface area contributed by atoms with Crippen LogP contribution in [0.2, 0.25) is 0 Å². The Hall–Kier alpha value is -1.15. The van der Waals surface area contributed by atoms with E-state index in [-0.39, 0.29) is 11.9 Å². The highest BCUT2D eigenvalue weighted by atomic mass is 19.1. The highest BCUT2D eigenvalue weighted by Gasteiger charge is 2.07. The summed E-state index contributed by atoms with van der Waals surface area (Å²) in [6.45, 7) is 6.85. The molecule has 0 heterocycles. The van der Waals surface area contributed by atoms with Crippen molar-refractivity contribution in [3.8, 4) is 0 Å². The molecule has 1 rings (SSSR count). The highest BCUT2D eigenvalue weighted by Crippen LogP contribution is 2.15. The fraction of sp³-hybridized carbons (Fsp3) is 0.385. The number of hydrogen-bond acceptors (Lipinski definition) is 1. The first kappa shape index (κ1) is 11.9. The van der Waals surface area contributed by atoms with Gasteiger partial charge in [-0.15, -0.1) is 0 Å². The predicted molar refractivity (Wildman–Crippen MR) is 62.2 cm³/mol. The zero-order valence-corrected chi connectivity index (χ0v) is 9.55. The van der Waals surface area contributed by atoms with E-state index in [9.17, 15) is 4.39 Å². The van der Waals surface area contributed by atoms with E-state index in [1.54, 1.807) is 6.07 Å². The Bertz CT molecular complexity index is 340. The molecule has 0 amide bonds. The van der Waals surface area contributed by atoms with Crippen LogP contribution in [0, 0.1) is 5.82 Å². The first-order valence-corrected chi connectivity index (χ1v) is 5.22. The molecule has 0 saturated carbocycles. The van der Waals surface area contributed by atoms with Gasteiger partial charge in [0.2, 0.25) is 0 Å². The molecule has 0 saturated heterocycles. The van der Waals surface area contributed by atoms with Crippen molar-refractivity contribution in [2.24, 2.45) is 0 Å². The maximum Gasteiger partial charge on any atom is 0.127 e. The molecule has 2 heteroatoms. The first-order valence-electron chi connectivity index (χ1n) is 5.22. The van der Waals surface area contributed by atoms with E-state index in [0.717, 1.165) is 12.1 Å². The third-order valence-electron chi connectivity index (χ3n) is 2.31. The van der Waals surface area contributed by atoms with E-state index in [1.165, 1.54) is 11.6 Å². The number of nitrogens with one attached hydrogen (secondary N) is 1. The van der Waals surface area contributed by atoms with Crippen LogP contribution in [-0.4, -0.2) is 6.54 Å². The van der Waals surface area contributed by atoms with Gasteiger partial charge in [0, 0.05) is 18.2 Å². The molecule has 0 fully saturated rings. The standard InChI is InChI=1S/C13H18FN/c1-10(2)8-9-15-11(3)12-6-4-5-7-13(12)14/h4-8,11,15H,9H2,1-3H3/t11-/m1/s1. The summed E-state index contributed by atoms with van der Waals surface area (Å²) >= 11 is 0. The largest absolute Gasteiger partial charge is 0.307 e. The van der Waals surface area contributed by atoms with Crippen LogP contribution in [0.25, 0.3) is 0 Å². The molecule has 1 nitrogen and oxygen atoms in total. The Morgan fingerprint density at radius 3 is 2.67 bits per heavy atom. The van der Waals surface area contributed by atoms with Gasteiger partial charge in [-0.05, 0) is 26.8 Å². The molecule has 1 atom stereocenters. The summed E-state index contributed by atoms with van der Waals surface area (Å²) in [6, 6.07) is 6.92. The van der Waals surface area contributed by atoms with Crippen molar-refractivity contribution in [3.63, 3.8) is 0 Å². The van der Waals surface area contributed by atoms with E-state index in [4.69, 9.17) is 0 Å². The topological polar surface area (TPSA) is 12.0 Å². The van der Waals surface area contributed by atoms with Gasteiger partial charge in [0.1, 0.15) is 5.82 Å². The molecule has 0 radical (unpaired) electrons. The van der Waals surface area contributed by atoms with Crippen molar-refractivity contribution >= 4 is 0 Å². The van der Waals surface area contributed by atoms with Gasteiger partial charge in [-0.3, -0.25) is 0 Å². The molecule has 1 aromatic carbocycles. The van der Waals surface area contributed by atoms with Gasteiger partial charge in [0.25, 0.3) is 0 Å². The SMILES string of the molecule is CC(C)=CCN[C@H](C)c1ccccc1F. The van der Waals surface area contributed by atoms with Gasteiger partial charge in [0.15, 0.2) is 0 Å². The van der Waals surface area contributed by atoms with Gasteiger partial charge in [0.05, 0.1) is 0 Å². The average molecular weight is 207 g/mol. The Kier molecular flexibility index (Phi) is 4.50. The molecular weight excluding hydrogens is 189 g/mol. The van der Waals surface area contributed by atoms with E-state index in [1.807, 2.05) is 19.1 Å². The molecule has 1 aromatic rings. The van der Waals surface area contributed by atoms with Gasteiger partial charge in [-0.25, -0.2) is 4.39 Å². The van der Waals surface area contributed by atoms with Crippen molar-refractivity contribution in [2.75, 3.05) is 6.54 Å². The molecule has 0 spiro atoms. The first-order chi connectivity index (χ1) is 7.11. The number of rotatable bonds is 4. The second-order valence-electron chi connectivity index (χ2n) is 3.93. The second kappa shape index (κ2) is 5.66. The maximum absolute atomic E-state index is 13.4. The van der Waals surface area contributed by atoms with Crippen LogP contribution in [0.1, 0.15) is 32.4 Å². The zero-order valence-electron chi connectivity index (χ0n) is 9.55. The third-order valence-corrected chi connectivity index (χ3v) is 2.31. The minimum atomic E-state index is -0.144. The molecule has 0 bridgehead atoms. The van der Waals surface area contributed by atoms with E-state index in [0.29, 0.717) is 0 Å². The molecule has 0 aliphatic heterocycles. The van der Waals surface area contributed by atoms with Crippen LogP contribution in [0.3, 0.4) is 0 Å². The smallest absolute Gasteiger partial charge is 0.127 e. The van der Waals surface area contributed by atoms with Gasteiger partial charge < -0.3 is 5.32 Å². The van der Waals surface area contributed by atoms with Crippen LogP contribution in [-0.2, 0) is 0 Å². The van der Waals surface area contributed by atoms with Crippen LogP contribution in [0.15, 0.2) is 35.9 Å². The fourth-order valence-corrected chi connectivity index (χ4v) is 1.38. The van der Waals surface area contributed by atoms with E-state index in [2.05, 4.69) is 25.2 Å². The third kappa shape index (κ3) is 3.84. The minimum absolute atomic E-state index is 0.0433. The maximum atomic E-state index is 13.4. The van der Waals surface area contributed by atoms with Crippen LogP contribution in [0.5, 0.6) is 0 Å². The van der Waals surface area contributed by atoms with Crippen LogP contribution >= 0.6 is 0 Å². The van der Waals surface area contributed by atoms with Gasteiger partial charge in [-0.1, -0.05) is 29.8 Å². The second-order valence-corrected chi connectivity index (χ2v) is 3.93. The minimum Gasteiger partial charge on any atom is -0.307 e. The Morgan fingerprint density at radius 1 is 1.40 bits per heavy atom. The number of benzene rings is 1. The summed E-state index contributed by atoms with van der Waals surface area (Å²) in [5.41, 5.74) is 1.99. The zero-order chi connectivity index (χ0) is 11.3. The summed E-state index contributed by atoms with van der Waals surface area (Å²) in [7, 11) is 0. The summed E-state index contributed by atoms with van der Waals surface area (Å²) in [5, 5.41) is 3.25. The average Bonchev–Trinajstić information content (AvgIpc) is 2.17. The summed E-state index contributed by atoms with van der Waals surface area (Å²) in [6.07, 6.45) is 2.09. The van der Waals surface area contributed by atoms with Crippen molar-refractivity contribution < 1.29 is 4.39 Å². The van der Waals surface area contributed by atoms with Crippen LogP contribution < -0.4 is 5.32 Å². The summed E-state index contributed by atoms with van der Waals surface area (Å²) in [4.78, 5) is 0. The van der Waals surface area contributed by atoms with Crippen molar-refractivity contribution in [1.82, 2.24) is 5.32 Å². The fourth-order valence-electron chi connectivity index (χ4n) is 1.38. The molecule has 15 heavy (non-hydrogen) atoms. The molecule has 0 aliphatic rings. The number of allylic oxidation sites excluding steroid dienone is 1. The van der Waals surface area contributed by atoms with Crippen molar-refractivity contribution in [1.29, 1.82) is 0 Å². The molecule has 0 aliphatic carbocycles. The summed E-state index contributed by atoms with van der Waals surface area (Å²) < 4.78 is 13.4. The summed E-state index contributed by atoms with van der Waals surface area (Å²) in [5.74, 6) is -0.144. The van der Waals surface area contributed by atoms with Gasteiger partial charge in [-0.2, -0.15) is 0 Å². The highest BCUT2D eigenvalue weighted by molar-refractivity contribution is 5.20. The van der Waals surface area contributed by atoms with Gasteiger partial charge >= 0.3 is 0 Å².